The molecule has 0 aliphatic carbocycles. The first-order chi connectivity index (χ1) is 5.25. The maximum absolute atomic E-state index is 10.6. The number of allylic oxidation sites excluding steroid dienone is 2. The van der Waals surface area contributed by atoms with Gasteiger partial charge in [0.2, 0.25) is 0 Å². The summed E-state index contributed by atoms with van der Waals surface area (Å²) in [5.41, 5.74) is -0.565. The van der Waals surface area contributed by atoms with Gasteiger partial charge in [-0.1, -0.05) is 20.8 Å². The van der Waals surface area contributed by atoms with Crippen LogP contribution >= 0.6 is 0 Å². The Kier molecular flexibility index (Phi) is 3.19. The van der Waals surface area contributed by atoms with Gasteiger partial charge >= 0.3 is 0 Å². The molecule has 0 unspecified atom stereocenters. The molecule has 12 heavy (non-hydrogen) atoms. The molecule has 0 amide bonds. The fourth-order valence-electron chi connectivity index (χ4n) is 0.455. The standard InChI is InChI=1S/C9H15NO2/c1-6(11)7(10)5-8(12)9(2,3)4/h5,10,12H,1-4H3/b8-5-,10-7?. The Morgan fingerprint density at radius 3 is 2.08 bits per heavy atom. The predicted octanol–water partition coefficient (Wildman–Crippen LogP) is 2.08. The summed E-state index contributed by atoms with van der Waals surface area (Å²) in [4.78, 5) is 10.6. The third-order valence-electron chi connectivity index (χ3n) is 1.43. The first-order valence-corrected chi connectivity index (χ1v) is 3.76. The number of aliphatic hydroxyl groups is 1. The highest BCUT2D eigenvalue weighted by Gasteiger charge is 2.16. The van der Waals surface area contributed by atoms with Gasteiger partial charge in [0.25, 0.3) is 0 Å². The van der Waals surface area contributed by atoms with E-state index < -0.39 is 5.41 Å². The van der Waals surface area contributed by atoms with E-state index in [1.165, 1.54) is 13.0 Å². The summed E-state index contributed by atoms with van der Waals surface area (Å²) in [6.07, 6.45) is 1.20. The molecule has 0 aromatic rings. The van der Waals surface area contributed by atoms with Crippen LogP contribution in [0.4, 0.5) is 0 Å². The molecule has 0 radical (unpaired) electrons. The highest BCUT2D eigenvalue weighted by atomic mass is 16.3. The number of hydrogen-bond donors (Lipinski definition) is 2. The first-order valence-electron chi connectivity index (χ1n) is 3.76. The van der Waals surface area contributed by atoms with Crippen molar-refractivity contribution in [2.24, 2.45) is 5.41 Å². The van der Waals surface area contributed by atoms with Crippen molar-refractivity contribution in [3.05, 3.63) is 11.8 Å². The molecule has 0 aliphatic rings. The van der Waals surface area contributed by atoms with Crippen molar-refractivity contribution in [3.8, 4) is 0 Å². The second-order valence-corrected chi connectivity index (χ2v) is 3.75. The summed E-state index contributed by atoms with van der Waals surface area (Å²) in [6.45, 7) is 6.74. The normalized spacial score (nSPS) is 12.8. The lowest BCUT2D eigenvalue weighted by Gasteiger charge is -2.16. The summed E-state index contributed by atoms with van der Waals surface area (Å²) in [5.74, 6) is -0.284. The molecule has 0 atom stereocenters. The van der Waals surface area contributed by atoms with Crippen molar-refractivity contribution in [1.29, 1.82) is 5.41 Å². The van der Waals surface area contributed by atoms with E-state index in [4.69, 9.17) is 5.41 Å². The molecule has 3 heteroatoms. The van der Waals surface area contributed by atoms with Gasteiger partial charge in [-0.3, -0.25) is 10.2 Å². The Hall–Kier alpha value is -1.12. The number of carbonyl (C=O) groups is 1. The van der Waals surface area contributed by atoms with E-state index in [1.807, 2.05) is 20.8 Å². The van der Waals surface area contributed by atoms with Gasteiger partial charge in [-0.05, 0) is 0 Å². The van der Waals surface area contributed by atoms with Crippen molar-refractivity contribution in [2.75, 3.05) is 0 Å². The minimum atomic E-state index is -0.401. The Labute approximate surface area is 72.6 Å². The summed E-state index contributed by atoms with van der Waals surface area (Å²) >= 11 is 0. The molecule has 0 aromatic carbocycles. The number of rotatable bonds is 2. The zero-order valence-corrected chi connectivity index (χ0v) is 7.93. The van der Waals surface area contributed by atoms with Crippen LogP contribution in [-0.4, -0.2) is 16.6 Å². The van der Waals surface area contributed by atoms with Gasteiger partial charge in [0.1, 0.15) is 5.71 Å². The summed E-state index contributed by atoms with van der Waals surface area (Å²) in [7, 11) is 0. The SMILES string of the molecule is CC(=O)C(=N)/C=C(\O)C(C)(C)C. The van der Waals surface area contributed by atoms with E-state index in [0.29, 0.717) is 0 Å². The minimum Gasteiger partial charge on any atom is -0.512 e. The van der Waals surface area contributed by atoms with E-state index in [0.717, 1.165) is 0 Å². The largest absolute Gasteiger partial charge is 0.512 e. The average Bonchev–Trinajstić information content (AvgIpc) is 1.85. The number of nitrogens with one attached hydrogen (secondary N) is 1. The summed E-state index contributed by atoms with van der Waals surface area (Å²) < 4.78 is 0. The van der Waals surface area contributed by atoms with Crippen LogP contribution in [0.1, 0.15) is 27.7 Å². The molecule has 0 aliphatic heterocycles. The first kappa shape index (κ1) is 10.9. The van der Waals surface area contributed by atoms with Crippen LogP contribution in [0.15, 0.2) is 11.8 Å². The lowest BCUT2D eigenvalue weighted by molar-refractivity contribution is -0.111. The molecule has 68 valence electrons. The van der Waals surface area contributed by atoms with Gasteiger partial charge in [-0.25, -0.2) is 0 Å². The predicted molar refractivity (Wildman–Crippen MR) is 48.6 cm³/mol. The van der Waals surface area contributed by atoms with Crippen LogP contribution in [-0.2, 0) is 4.79 Å². The molecule has 0 fully saturated rings. The molecule has 0 rings (SSSR count). The quantitative estimate of drug-likeness (QED) is 0.491. The van der Waals surface area contributed by atoms with Gasteiger partial charge < -0.3 is 5.11 Å². The van der Waals surface area contributed by atoms with E-state index in [-0.39, 0.29) is 17.3 Å². The maximum Gasteiger partial charge on any atom is 0.177 e. The Bertz CT molecular complexity index is 233. The lowest BCUT2D eigenvalue weighted by Crippen LogP contribution is -2.13. The second kappa shape index (κ2) is 3.52. The van der Waals surface area contributed by atoms with Crippen LogP contribution in [0.5, 0.6) is 0 Å². The molecule has 0 saturated heterocycles. The molecule has 0 heterocycles. The number of aliphatic hydroxyl groups excluding tert-OH is 1. The monoisotopic (exact) mass is 169 g/mol. The van der Waals surface area contributed by atoms with E-state index in [9.17, 15) is 9.90 Å². The smallest absolute Gasteiger partial charge is 0.177 e. The van der Waals surface area contributed by atoms with Crippen LogP contribution in [0.3, 0.4) is 0 Å². The Balaban J connectivity index is 4.59. The molecule has 3 nitrogen and oxygen atoms in total. The van der Waals surface area contributed by atoms with Gasteiger partial charge in [0.15, 0.2) is 5.78 Å². The average molecular weight is 169 g/mol. The van der Waals surface area contributed by atoms with Crippen molar-refractivity contribution in [3.63, 3.8) is 0 Å². The van der Waals surface area contributed by atoms with Gasteiger partial charge in [0.05, 0.1) is 5.76 Å². The van der Waals surface area contributed by atoms with Gasteiger partial charge in [0, 0.05) is 18.4 Å². The number of carbonyl (C=O) groups excluding carboxylic acids is 1. The van der Waals surface area contributed by atoms with Crippen molar-refractivity contribution < 1.29 is 9.90 Å². The lowest BCUT2D eigenvalue weighted by atomic mass is 9.93. The van der Waals surface area contributed by atoms with Crippen molar-refractivity contribution >= 4 is 11.5 Å². The van der Waals surface area contributed by atoms with Crippen LogP contribution in [0.2, 0.25) is 0 Å². The third kappa shape index (κ3) is 3.32. The fraction of sp³-hybridized carbons (Fsp3) is 0.556. The zero-order chi connectivity index (χ0) is 9.94. The molecular weight excluding hydrogens is 154 g/mol. The van der Waals surface area contributed by atoms with Crippen LogP contribution < -0.4 is 0 Å². The zero-order valence-electron chi connectivity index (χ0n) is 7.93. The molecule has 0 saturated carbocycles. The fourth-order valence-corrected chi connectivity index (χ4v) is 0.455. The second-order valence-electron chi connectivity index (χ2n) is 3.75. The highest BCUT2D eigenvalue weighted by Crippen LogP contribution is 2.22. The number of Topliss-reactive ketones (excluding diaryl/α,β-unsaturated/α-hetero) is 1. The van der Waals surface area contributed by atoms with E-state index >= 15 is 0 Å². The van der Waals surface area contributed by atoms with E-state index in [1.54, 1.807) is 0 Å². The van der Waals surface area contributed by atoms with E-state index in [2.05, 4.69) is 0 Å². The topological polar surface area (TPSA) is 61.2 Å². The minimum absolute atomic E-state index is 0.0581. The number of ketones is 1. The molecular formula is C9H15NO2. The Morgan fingerprint density at radius 1 is 1.42 bits per heavy atom. The Morgan fingerprint density at radius 2 is 1.83 bits per heavy atom. The molecule has 0 bridgehead atoms. The summed E-state index contributed by atoms with van der Waals surface area (Å²) in [6, 6.07) is 0. The molecule has 0 aromatic heterocycles. The number of hydrogen-bond acceptors (Lipinski definition) is 3. The van der Waals surface area contributed by atoms with Crippen molar-refractivity contribution in [2.45, 2.75) is 27.7 Å². The van der Waals surface area contributed by atoms with Gasteiger partial charge in [-0.15, -0.1) is 0 Å². The molecule has 0 spiro atoms. The van der Waals surface area contributed by atoms with Gasteiger partial charge in [-0.2, -0.15) is 0 Å². The highest BCUT2D eigenvalue weighted by molar-refractivity contribution is 6.42. The van der Waals surface area contributed by atoms with Crippen LogP contribution in [0.25, 0.3) is 0 Å². The maximum atomic E-state index is 10.6. The molecule has 2 N–H and O–H groups in total. The van der Waals surface area contributed by atoms with Crippen LogP contribution in [0, 0.1) is 10.8 Å². The van der Waals surface area contributed by atoms with Crippen molar-refractivity contribution in [1.82, 2.24) is 0 Å². The summed E-state index contributed by atoms with van der Waals surface area (Å²) in [5, 5.41) is 16.5. The third-order valence-corrected chi connectivity index (χ3v) is 1.43.